The van der Waals surface area contributed by atoms with Gasteiger partial charge < -0.3 is 9.84 Å². The second-order valence-electron chi connectivity index (χ2n) is 11.0. The van der Waals surface area contributed by atoms with Gasteiger partial charge in [-0.25, -0.2) is 14.2 Å². The molecule has 0 spiro atoms. The second kappa shape index (κ2) is 9.60. The van der Waals surface area contributed by atoms with E-state index in [1.165, 1.54) is 35.8 Å². The number of aromatic nitrogens is 1. The zero-order valence-electron chi connectivity index (χ0n) is 21.0. The number of halogens is 3. The Kier molecular flexibility index (Phi) is 6.29. The summed E-state index contributed by atoms with van der Waals surface area (Å²) in [5, 5.41) is 18.4. The number of nitrogens with zero attached hydrogens (tertiary/aromatic N) is 4. The first-order valence-corrected chi connectivity index (χ1v) is 14.9. The van der Waals surface area contributed by atoms with Crippen molar-refractivity contribution >= 4 is 56.1 Å². The third-order valence-electron chi connectivity index (χ3n) is 8.79. The molecule has 4 aliphatic rings. The highest BCUT2D eigenvalue weighted by atomic mass is 35.5. The van der Waals surface area contributed by atoms with Crippen molar-refractivity contribution in [3.05, 3.63) is 73.9 Å². The van der Waals surface area contributed by atoms with Gasteiger partial charge in [-0.3, -0.25) is 0 Å². The number of hydrogen-bond donors (Lipinski definition) is 1. The van der Waals surface area contributed by atoms with Crippen LogP contribution in [0.15, 0.2) is 46.7 Å². The van der Waals surface area contributed by atoms with Gasteiger partial charge >= 0.3 is 0 Å². The molecule has 200 valence electrons. The number of para-hydroxylation sites is 1. The summed E-state index contributed by atoms with van der Waals surface area (Å²) in [6.45, 7) is 8.27. The van der Waals surface area contributed by atoms with Crippen molar-refractivity contribution in [1.82, 2.24) is 4.98 Å². The van der Waals surface area contributed by atoms with Crippen LogP contribution in [0.2, 0.25) is 10.0 Å². The average Bonchev–Trinajstić information content (AvgIpc) is 3.49. The highest BCUT2D eigenvalue weighted by Gasteiger charge is 2.56. The Hall–Kier alpha value is -2.41. The zero-order chi connectivity index (χ0) is 26.9. The van der Waals surface area contributed by atoms with Crippen LogP contribution in [0, 0.1) is 30.1 Å². The molecule has 2 unspecified atom stereocenters. The molecule has 3 saturated carbocycles. The number of fused-ring (bicyclic) bond motifs is 3. The van der Waals surface area contributed by atoms with E-state index in [-0.39, 0.29) is 29.1 Å². The topological polar surface area (TPSA) is 62.1 Å². The number of rotatable bonds is 6. The molecule has 4 atom stereocenters. The third-order valence-corrected chi connectivity index (χ3v) is 10.5. The van der Waals surface area contributed by atoms with E-state index >= 15 is 0 Å². The Balaban J connectivity index is 1.12. The van der Waals surface area contributed by atoms with E-state index in [4.69, 9.17) is 39.6 Å². The molecule has 1 N–H and O–H groups in total. The predicted octanol–water partition coefficient (Wildman–Crippen LogP) is 8.16. The monoisotopic (exact) mass is 583 g/mol. The molecule has 0 saturated heterocycles. The van der Waals surface area contributed by atoms with Gasteiger partial charge in [-0.15, -0.1) is 11.3 Å². The molecule has 2 bridgehead atoms. The van der Waals surface area contributed by atoms with Gasteiger partial charge in [-0.2, -0.15) is 0 Å². The molecule has 2 heterocycles. The zero-order valence-corrected chi connectivity index (χ0v) is 23.4. The molecule has 3 fully saturated rings. The minimum Gasteiger partial charge on any atom is -0.382 e. The number of ether oxygens (including phenoxy) is 1. The molecule has 3 aliphatic carbocycles. The maximum absolute atomic E-state index is 14.6. The summed E-state index contributed by atoms with van der Waals surface area (Å²) in [6.07, 6.45) is 5.47. The number of aliphatic hydroxyl groups is 1. The summed E-state index contributed by atoms with van der Waals surface area (Å²) in [4.78, 5) is 7.91. The van der Waals surface area contributed by atoms with Crippen molar-refractivity contribution in [2.75, 3.05) is 13.2 Å². The smallest absolute Gasteiger partial charge is 0.274 e. The summed E-state index contributed by atoms with van der Waals surface area (Å²) < 4.78 is 23.7. The molecule has 6 nitrogen and oxygen atoms in total. The van der Waals surface area contributed by atoms with Gasteiger partial charge in [0.1, 0.15) is 45.1 Å². The molecule has 39 heavy (non-hydrogen) atoms. The lowest BCUT2D eigenvalue weighted by molar-refractivity contribution is -0.460. The molecule has 1 aromatic heterocycles. The van der Waals surface area contributed by atoms with E-state index in [0.717, 1.165) is 18.5 Å². The van der Waals surface area contributed by atoms with Crippen LogP contribution < -0.4 is 0 Å². The summed E-state index contributed by atoms with van der Waals surface area (Å²) in [5.74, 6) is -0.0261. The van der Waals surface area contributed by atoms with E-state index in [1.54, 1.807) is 6.07 Å². The number of azo groups is 2. The SMILES string of the molecule is [C-]#[N+]c1cc(F)c2nc(C3(O)[C@@H]4CC[C@H]3CC(OCC3=C(C5CC5)CN=[N+]3c3c(Cl)cccc3Cl)C4)sc2c1. The van der Waals surface area contributed by atoms with Crippen molar-refractivity contribution in [2.24, 2.45) is 22.9 Å². The fraction of sp³-hybridized carbons (Fsp3) is 0.448. The van der Waals surface area contributed by atoms with Crippen LogP contribution in [0.25, 0.3) is 15.1 Å². The molecular weight excluding hydrogens is 558 g/mol. The van der Waals surface area contributed by atoms with E-state index in [0.29, 0.717) is 57.4 Å². The molecule has 0 amide bonds. The largest absolute Gasteiger partial charge is 0.382 e. The quantitative estimate of drug-likeness (QED) is 0.235. The molecule has 3 aromatic rings. The van der Waals surface area contributed by atoms with Gasteiger partial charge in [0.05, 0.1) is 12.7 Å². The lowest BCUT2D eigenvalue weighted by Gasteiger charge is -2.41. The molecular formula is C29H26Cl2FN4O2S+. The maximum Gasteiger partial charge on any atom is 0.274 e. The average molecular weight is 585 g/mol. The van der Waals surface area contributed by atoms with Crippen LogP contribution in [-0.4, -0.2) is 34.0 Å². The second-order valence-corrected chi connectivity index (χ2v) is 12.9. The standard InChI is InChI=1S/C29H26Cl2FN4O2S/c1-33-18-11-23(32)26-25(12-18)39-28(35-26)29(37)16-7-8-17(29)10-19(9-16)38-14-24-20(15-5-6-15)13-34-36(24)27-21(30)3-2-4-22(27)31/h2-4,11-12,15-17,19,37H,5-10,13-14H2/q+1/t16-,17+,19?,29?. The Labute approximate surface area is 239 Å². The van der Waals surface area contributed by atoms with Crippen LogP contribution in [0.3, 0.4) is 0 Å². The van der Waals surface area contributed by atoms with Crippen LogP contribution in [0.1, 0.15) is 43.5 Å². The van der Waals surface area contributed by atoms with Crippen molar-refractivity contribution in [2.45, 2.75) is 50.2 Å². The summed E-state index contributed by atoms with van der Waals surface area (Å²) in [7, 11) is 0. The normalized spacial score (nSPS) is 28.3. The molecule has 2 aromatic carbocycles. The lowest BCUT2D eigenvalue weighted by atomic mass is 9.73. The highest BCUT2D eigenvalue weighted by molar-refractivity contribution is 7.18. The van der Waals surface area contributed by atoms with Crippen LogP contribution in [0.4, 0.5) is 15.8 Å². The van der Waals surface area contributed by atoms with Gasteiger partial charge in [0.25, 0.3) is 5.69 Å². The van der Waals surface area contributed by atoms with Gasteiger partial charge in [-0.05, 0) is 90.4 Å². The van der Waals surface area contributed by atoms with Crippen LogP contribution in [-0.2, 0) is 10.3 Å². The lowest BCUT2D eigenvalue weighted by Crippen LogP contribution is -2.44. The van der Waals surface area contributed by atoms with Gasteiger partial charge in [-0.1, -0.05) is 29.3 Å². The predicted molar refractivity (Wildman–Crippen MR) is 148 cm³/mol. The maximum atomic E-state index is 14.6. The van der Waals surface area contributed by atoms with Crippen molar-refractivity contribution in [3.63, 3.8) is 0 Å². The Morgan fingerprint density at radius 2 is 1.87 bits per heavy atom. The van der Waals surface area contributed by atoms with Crippen LogP contribution in [0.5, 0.6) is 0 Å². The van der Waals surface area contributed by atoms with Crippen molar-refractivity contribution in [3.8, 4) is 0 Å². The van der Waals surface area contributed by atoms with E-state index < -0.39 is 11.4 Å². The Morgan fingerprint density at radius 1 is 1.15 bits per heavy atom. The Bertz CT molecular complexity index is 1570. The first-order valence-electron chi connectivity index (χ1n) is 13.3. The molecule has 7 rings (SSSR count). The van der Waals surface area contributed by atoms with Crippen LogP contribution >= 0.6 is 34.5 Å². The summed E-state index contributed by atoms with van der Waals surface area (Å²) >= 11 is 14.4. The highest BCUT2D eigenvalue weighted by Crippen LogP contribution is 2.57. The minimum atomic E-state index is -1.10. The Morgan fingerprint density at radius 3 is 2.54 bits per heavy atom. The van der Waals surface area contributed by atoms with Gasteiger partial charge in [0.2, 0.25) is 5.70 Å². The first kappa shape index (κ1) is 25.6. The minimum absolute atomic E-state index is 0.0141. The fourth-order valence-corrected chi connectivity index (χ4v) is 8.52. The summed E-state index contributed by atoms with van der Waals surface area (Å²) in [6, 6.07) is 8.33. The summed E-state index contributed by atoms with van der Waals surface area (Å²) in [5.41, 5.74) is 2.39. The number of thiazole rings is 1. The number of hydrogen-bond acceptors (Lipinski definition) is 5. The third kappa shape index (κ3) is 4.22. The van der Waals surface area contributed by atoms with Crippen molar-refractivity contribution < 1.29 is 18.9 Å². The van der Waals surface area contributed by atoms with E-state index in [9.17, 15) is 9.50 Å². The van der Waals surface area contributed by atoms with E-state index in [1.807, 2.05) is 22.9 Å². The number of benzene rings is 2. The molecule has 10 heteroatoms. The fourth-order valence-electron chi connectivity index (χ4n) is 6.70. The molecule has 1 aliphatic heterocycles. The van der Waals surface area contributed by atoms with E-state index in [2.05, 4.69) is 9.83 Å². The first-order chi connectivity index (χ1) is 18.9. The van der Waals surface area contributed by atoms with Gasteiger partial charge in [0.15, 0.2) is 5.69 Å². The van der Waals surface area contributed by atoms with Crippen molar-refractivity contribution in [1.29, 1.82) is 0 Å². The van der Waals surface area contributed by atoms with Gasteiger partial charge in [0, 0.05) is 10.3 Å². The molecule has 0 radical (unpaired) electrons.